The van der Waals surface area contributed by atoms with Crippen LogP contribution in [-0.2, 0) is 9.59 Å². The van der Waals surface area contributed by atoms with Gasteiger partial charge in [0.2, 0.25) is 5.91 Å². The Labute approximate surface area is 107 Å². The van der Waals surface area contributed by atoms with Crippen molar-refractivity contribution in [2.75, 3.05) is 6.54 Å². The van der Waals surface area contributed by atoms with E-state index in [1.807, 2.05) is 0 Å². The number of hydrogen-bond acceptors (Lipinski definition) is 2. The lowest BCUT2D eigenvalue weighted by atomic mass is 10.0. The van der Waals surface area contributed by atoms with Crippen LogP contribution in [0.25, 0.3) is 0 Å². The van der Waals surface area contributed by atoms with Gasteiger partial charge < -0.3 is 10.0 Å². The van der Waals surface area contributed by atoms with E-state index in [0.717, 1.165) is 12.8 Å². The summed E-state index contributed by atoms with van der Waals surface area (Å²) in [7, 11) is 0. The smallest absolute Gasteiger partial charge is 0.326 e. The van der Waals surface area contributed by atoms with Gasteiger partial charge in [-0.15, -0.1) is 0 Å². The van der Waals surface area contributed by atoms with E-state index in [4.69, 9.17) is 0 Å². The summed E-state index contributed by atoms with van der Waals surface area (Å²) in [5.74, 6) is 0.614. The van der Waals surface area contributed by atoms with Gasteiger partial charge in [0, 0.05) is 12.5 Å². The predicted molar refractivity (Wildman–Crippen MR) is 65.9 cm³/mol. The Balaban J connectivity index is 1.69. The monoisotopic (exact) mass is 251 g/mol. The van der Waals surface area contributed by atoms with E-state index in [1.165, 1.54) is 25.7 Å². The molecule has 1 amide bonds. The van der Waals surface area contributed by atoms with Crippen LogP contribution in [0, 0.1) is 17.8 Å². The van der Waals surface area contributed by atoms with Crippen LogP contribution in [-0.4, -0.2) is 34.5 Å². The van der Waals surface area contributed by atoms with Gasteiger partial charge in [-0.2, -0.15) is 0 Å². The highest BCUT2D eigenvalue weighted by Crippen LogP contribution is 2.56. The minimum Gasteiger partial charge on any atom is -0.480 e. The molecule has 1 heterocycles. The minimum absolute atomic E-state index is 0.138. The van der Waals surface area contributed by atoms with Gasteiger partial charge in [0.1, 0.15) is 6.04 Å². The number of carboxylic acids is 1. The van der Waals surface area contributed by atoms with Crippen molar-refractivity contribution in [3.63, 3.8) is 0 Å². The van der Waals surface area contributed by atoms with Crippen LogP contribution in [0.1, 0.15) is 44.9 Å². The number of carbonyl (C=O) groups excluding carboxylic acids is 1. The maximum absolute atomic E-state index is 12.5. The summed E-state index contributed by atoms with van der Waals surface area (Å²) < 4.78 is 0. The summed E-state index contributed by atoms with van der Waals surface area (Å²) in [4.78, 5) is 25.4. The Kier molecular flexibility index (Phi) is 3.04. The van der Waals surface area contributed by atoms with Crippen LogP contribution < -0.4 is 0 Å². The maximum Gasteiger partial charge on any atom is 0.326 e. The van der Waals surface area contributed by atoms with Crippen LogP contribution in [0.4, 0.5) is 0 Å². The molecule has 0 bridgehead atoms. The summed E-state index contributed by atoms with van der Waals surface area (Å²) >= 11 is 0. The van der Waals surface area contributed by atoms with Crippen LogP contribution >= 0.6 is 0 Å². The second kappa shape index (κ2) is 4.56. The zero-order chi connectivity index (χ0) is 12.7. The Hall–Kier alpha value is -1.06. The standard InChI is InChI=1S/C14H21NO3/c16-13(12-9-5-1-2-6-10(9)12)15-8-4-3-7-11(15)14(17)18/h9-12H,1-8H2,(H,17,18). The van der Waals surface area contributed by atoms with Crippen molar-refractivity contribution in [1.82, 2.24) is 4.90 Å². The molecule has 3 aliphatic rings. The normalized spacial score (nSPS) is 39.0. The highest BCUT2D eigenvalue weighted by atomic mass is 16.4. The molecule has 3 fully saturated rings. The zero-order valence-electron chi connectivity index (χ0n) is 10.7. The molecule has 0 aromatic heterocycles. The predicted octanol–water partition coefficient (Wildman–Crippen LogP) is 1.89. The molecule has 4 nitrogen and oxygen atoms in total. The van der Waals surface area contributed by atoms with E-state index in [1.54, 1.807) is 4.90 Å². The van der Waals surface area contributed by atoms with E-state index >= 15 is 0 Å². The van der Waals surface area contributed by atoms with E-state index < -0.39 is 12.0 Å². The zero-order valence-corrected chi connectivity index (χ0v) is 10.7. The molecule has 4 heteroatoms. The molecule has 0 aromatic carbocycles. The van der Waals surface area contributed by atoms with Crippen molar-refractivity contribution in [1.29, 1.82) is 0 Å². The quantitative estimate of drug-likeness (QED) is 0.815. The third-order valence-electron chi connectivity index (χ3n) is 5.01. The molecule has 2 saturated carbocycles. The van der Waals surface area contributed by atoms with Gasteiger partial charge in [-0.1, -0.05) is 12.8 Å². The van der Waals surface area contributed by atoms with Crippen LogP contribution in [0.5, 0.6) is 0 Å². The van der Waals surface area contributed by atoms with Crippen molar-refractivity contribution < 1.29 is 14.7 Å². The number of rotatable bonds is 2. The molecule has 1 aliphatic heterocycles. The fourth-order valence-corrected chi connectivity index (χ4v) is 4.00. The van der Waals surface area contributed by atoms with E-state index in [-0.39, 0.29) is 11.8 Å². The van der Waals surface area contributed by atoms with Gasteiger partial charge in [-0.3, -0.25) is 4.79 Å². The van der Waals surface area contributed by atoms with E-state index in [2.05, 4.69) is 0 Å². The average Bonchev–Trinajstić information content (AvgIpc) is 3.12. The first kappa shape index (κ1) is 12.0. The number of fused-ring (bicyclic) bond motifs is 1. The van der Waals surface area contributed by atoms with Crippen molar-refractivity contribution in [2.24, 2.45) is 17.8 Å². The largest absolute Gasteiger partial charge is 0.480 e. The van der Waals surface area contributed by atoms with Crippen molar-refractivity contribution >= 4 is 11.9 Å². The van der Waals surface area contributed by atoms with Gasteiger partial charge in [0.15, 0.2) is 0 Å². The van der Waals surface area contributed by atoms with E-state index in [9.17, 15) is 14.7 Å². The maximum atomic E-state index is 12.5. The van der Waals surface area contributed by atoms with Crippen LogP contribution in [0.2, 0.25) is 0 Å². The molecule has 0 radical (unpaired) electrons. The number of aliphatic carboxylic acids is 1. The summed E-state index contributed by atoms with van der Waals surface area (Å²) in [5.41, 5.74) is 0. The van der Waals surface area contributed by atoms with Gasteiger partial charge in [0.05, 0.1) is 0 Å². The molecule has 3 rings (SSSR count). The van der Waals surface area contributed by atoms with Gasteiger partial charge in [-0.05, 0) is 43.9 Å². The molecular weight excluding hydrogens is 230 g/mol. The summed E-state index contributed by atoms with van der Waals surface area (Å²) in [5, 5.41) is 9.22. The second-order valence-electron chi connectivity index (χ2n) is 6.02. The number of carbonyl (C=O) groups is 2. The molecule has 100 valence electrons. The molecule has 18 heavy (non-hydrogen) atoms. The minimum atomic E-state index is -0.827. The Morgan fingerprint density at radius 3 is 2.17 bits per heavy atom. The summed E-state index contributed by atoms with van der Waals surface area (Å²) in [6, 6.07) is -0.561. The Bertz CT molecular complexity index is 356. The topological polar surface area (TPSA) is 57.6 Å². The lowest BCUT2D eigenvalue weighted by Gasteiger charge is -2.33. The van der Waals surface area contributed by atoms with Crippen LogP contribution in [0.3, 0.4) is 0 Å². The number of piperidine rings is 1. The van der Waals surface area contributed by atoms with Crippen molar-refractivity contribution in [2.45, 2.75) is 51.0 Å². The number of carboxylic acid groups (broad SMARTS) is 1. The highest BCUT2D eigenvalue weighted by molar-refractivity contribution is 5.87. The molecule has 3 atom stereocenters. The fourth-order valence-electron chi connectivity index (χ4n) is 4.00. The molecule has 3 unspecified atom stereocenters. The Morgan fingerprint density at radius 1 is 0.944 bits per heavy atom. The molecule has 0 aromatic rings. The van der Waals surface area contributed by atoms with Gasteiger partial charge in [-0.25, -0.2) is 4.79 Å². The Morgan fingerprint density at radius 2 is 1.56 bits per heavy atom. The van der Waals surface area contributed by atoms with Gasteiger partial charge >= 0.3 is 5.97 Å². The average molecular weight is 251 g/mol. The third-order valence-corrected chi connectivity index (χ3v) is 5.01. The molecule has 2 aliphatic carbocycles. The number of likely N-dealkylation sites (tertiary alicyclic amines) is 1. The summed E-state index contributed by atoms with van der Waals surface area (Å²) in [6.07, 6.45) is 7.35. The van der Waals surface area contributed by atoms with Crippen molar-refractivity contribution in [3.05, 3.63) is 0 Å². The van der Waals surface area contributed by atoms with Crippen LogP contribution in [0.15, 0.2) is 0 Å². The van der Waals surface area contributed by atoms with E-state index in [0.29, 0.717) is 24.8 Å². The first-order valence-corrected chi connectivity index (χ1v) is 7.23. The molecule has 1 saturated heterocycles. The lowest BCUT2D eigenvalue weighted by Crippen LogP contribution is -2.48. The molecule has 0 spiro atoms. The first-order valence-electron chi connectivity index (χ1n) is 7.23. The fraction of sp³-hybridized carbons (Fsp3) is 0.857. The van der Waals surface area contributed by atoms with Gasteiger partial charge in [0.25, 0.3) is 0 Å². The third kappa shape index (κ3) is 1.91. The highest BCUT2D eigenvalue weighted by Gasteiger charge is 2.56. The first-order chi connectivity index (χ1) is 8.70. The number of hydrogen-bond donors (Lipinski definition) is 1. The molecule has 1 N–H and O–H groups in total. The SMILES string of the molecule is O=C(O)C1CCCCN1C(=O)C1C2CCCCC21. The second-order valence-corrected chi connectivity index (χ2v) is 6.02. The number of amides is 1. The molecular formula is C14H21NO3. The lowest BCUT2D eigenvalue weighted by molar-refractivity contribution is -0.152. The summed E-state index contributed by atoms with van der Waals surface area (Å²) in [6.45, 7) is 0.645. The van der Waals surface area contributed by atoms with Crippen molar-refractivity contribution in [3.8, 4) is 0 Å². The number of nitrogens with zero attached hydrogens (tertiary/aromatic N) is 1.